The van der Waals surface area contributed by atoms with Crippen LogP contribution < -0.4 is 5.73 Å². The van der Waals surface area contributed by atoms with Gasteiger partial charge in [-0.3, -0.25) is 4.79 Å². The Morgan fingerprint density at radius 1 is 1.46 bits per heavy atom. The second-order valence-corrected chi connectivity index (χ2v) is 3.60. The van der Waals surface area contributed by atoms with Gasteiger partial charge >= 0.3 is 0 Å². The molecule has 68 valence electrons. The topological polar surface area (TPSA) is 43.1 Å². The van der Waals surface area contributed by atoms with E-state index in [9.17, 15) is 4.79 Å². The van der Waals surface area contributed by atoms with Crippen molar-refractivity contribution < 1.29 is 4.79 Å². The van der Waals surface area contributed by atoms with Crippen molar-refractivity contribution in [1.29, 1.82) is 0 Å². The summed E-state index contributed by atoms with van der Waals surface area (Å²) in [4.78, 5) is 10.8. The minimum atomic E-state index is -0.193. The maximum Gasteiger partial charge on any atom is 0.218 e. The molecule has 13 heavy (non-hydrogen) atoms. The third-order valence-electron chi connectivity index (χ3n) is 2.70. The van der Waals surface area contributed by atoms with E-state index in [1.165, 1.54) is 11.1 Å². The van der Waals surface area contributed by atoms with Gasteiger partial charge in [0.25, 0.3) is 0 Å². The zero-order valence-corrected chi connectivity index (χ0v) is 7.49. The largest absolute Gasteiger partial charge is 0.370 e. The molecule has 0 saturated carbocycles. The van der Waals surface area contributed by atoms with Gasteiger partial charge in [-0.2, -0.15) is 0 Å². The van der Waals surface area contributed by atoms with E-state index in [2.05, 4.69) is 12.1 Å². The van der Waals surface area contributed by atoms with E-state index in [-0.39, 0.29) is 5.91 Å². The molecule has 1 aromatic carbocycles. The van der Waals surface area contributed by atoms with Crippen LogP contribution in [0.1, 0.15) is 29.9 Å². The smallest absolute Gasteiger partial charge is 0.218 e. The minimum absolute atomic E-state index is 0.193. The van der Waals surface area contributed by atoms with Crippen molar-refractivity contribution in [2.75, 3.05) is 0 Å². The molecule has 1 aliphatic rings. The molecule has 2 nitrogen and oxygen atoms in total. The number of primary amides is 1. The summed E-state index contributed by atoms with van der Waals surface area (Å²) in [5, 5.41) is 0. The van der Waals surface area contributed by atoms with Gasteiger partial charge in [-0.25, -0.2) is 0 Å². The van der Waals surface area contributed by atoms with Crippen LogP contribution in [0.4, 0.5) is 0 Å². The van der Waals surface area contributed by atoms with Crippen LogP contribution in [0.25, 0.3) is 0 Å². The lowest BCUT2D eigenvalue weighted by atomic mass is 9.98. The normalized spacial score (nSPS) is 19.8. The summed E-state index contributed by atoms with van der Waals surface area (Å²) >= 11 is 0. The Kier molecular flexibility index (Phi) is 2.05. The Hall–Kier alpha value is -1.31. The van der Waals surface area contributed by atoms with E-state index in [0.29, 0.717) is 12.3 Å². The van der Waals surface area contributed by atoms with Crippen LogP contribution in [0.5, 0.6) is 0 Å². The first-order valence-electron chi connectivity index (χ1n) is 4.63. The summed E-state index contributed by atoms with van der Waals surface area (Å²) in [7, 11) is 0. The molecular weight excluding hydrogens is 162 g/mol. The number of hydrogen-bond acceptors (Lipinski definition) is 1. The van der Waals surface area contributed by atoms with Crippen LogP contribution >= 0.6 is 0 Å². The molecule has 2 rings (SSSR count). The highest BCUT2D eigenvalue weighted by atomic mass is 16.1. The molecule has 1 aliphatic carbocycles. The molecule has 1 atom stereocenters. The second-order valence-electron chi connectivity index (χ2n) is 3.60. The standard InChI is InChI=1S/C11H13NO/c12-11(13)7-9-6-5-8-3-1-2-4-10(8)9/h1-4,9H,5-7H2,(H2,12,13). The first-order valence-corrected chi connectivity index (χ1v) is 4.63. The van der Waals surface area contributed by atoms with Gasteiger partial charge < -0.3 is 5.73 Å². The number of rotatable bonds is 2. The molecule has 0 radical (unpaired) electrons. The predicted molar refractivity (Wildman–Crippen MR) is 51.3 cm³/mol. The van der Waals surface area contributed by atoms with E-state index in [4.69, 9.17) is 5.73 Å². The average molecular weight is 175 g/mol. The van der Waals surface area contributed by atoms with E-state index in [1.54, 1.807) is 0 Å². The van der Waals surface area contributed by atoms with Gasteiger partial charge in [0.15, 0.2) is 0 Å². The first-order chi connectivity index (χ1) is 6.27. The Labute approximate surface area is 77.8 Å². The van der Waals surface area contributed by atoms with Crippen molar-refractivity contribution >= 4 is 5.91 Å². The molecule has 1 amide bonds. The third-order valence-corrected chi connectivity index (χ3v) is 2.70. The number of aryl methyl sites for hydroxylation is 1. The van der Waals surface area contributed by atoms with Gasteiger partial charge in [-0.1, -0.05) is 24.3 Å². The molecule has 0 spiro atoms. The maximum atomic E-state index is 10.8. The highest BCUT2D eigenvalue weighted by Gasteiger charge is 2.22. The summed E-state index contributed by atoms with van der Waals surface area (Å²) in [5.41, 5.74) is 7.89. The van der Waals surface area contributed by atoms with Gasteiger partial charge in [0.2, 0.25) is 5.91 Å². The number of amides is 1. The lowest BCUT2D eigenvalue weighted by Crippen LogP contribution is -2.13. The first kappa shape index (κ1) is 8.30. The molecule has 0 aromatic heterocycles. The van der Waals surface area contributed by atoms with Crippen LogP contribution in [-0.4, -0.2) is 5.91 Å². The maximum absolute atomic E-state index is 10.8. The SMILES string of the molecule is NC(=O)CC1CCc2ccccc21. The number of carbonyl (C=O) groups excluding carboxylic acids is 1. The predicted octanol–water partition coefficient (Wildman–Crippen LogP) is 1.59. The number of carbonyl (C=O) groups is 1. The zero-order valence-electron chi connectivity index (χ0n) is 7.49. The minimum Gasteiger partial charge on any atom is -0.370 e. The Bertz CT molecular complexity index is 333. The fourth-order valence-electron chi connectivity index (χ4n) is 2.10. The Balaban J connectivity index is 2.23. The van der Waals surface area contributed by atoms with Crippen molar-refractivity contribution in [1.82, 2.24) is 0 Å². The highest BCUT2D eigenvalue weighted by molar-refractivity contribution is 5.75. The summed E-state index contributed by atoms with van der Waals surface area (Å²) in [6, 6.07) is 8.32. The Morgan fingerprint density at radius 3 is 3.00 bits per heavy atom. The third kappa shape index (κ3) is 1.57. The van der Waals surface area contributed by atoms with Crippen molar-refractivity contribution in [3.8, 4) is 0 Å². The van der Waals surface area contributed by atoms with E-state index < -0.39 is 0 Å². The van der Waals surface area contributed by atoms with Gasteiger partial charge in [-0.05, 0) is 29.9 Å². The summed E-state index contributed by atoms with van der Waals surface area (Å²) < 4.78 is 0. The molecular formula is C11H13NO. The van der Waals surface area contributed by atoms with Gasteiger partial charge in [0, 0.05) is 6.42 Å². The summed E-state index contributed by atoms with van der Waals surface area (Å²) in [6.45, 7) is 0. The Morgan fingerprint density at radius 2 is 2.23 bits per heavy atom. The van der Waals surface area contributed by atoms with Crippen LogP contribution in [0.15, 0.2) is 24.3 Å². The number of fused-ring (bicyclic) bond motifs is 1. The second kappa shape index (κ2) is 3.21. The molecule has 0 aliphatic heterocycles. The van der Waals surface area contributed by atoms with Gasteiger partial charge in [0.1, 0.15) is 0 Å². The summed E-state index contributed by atoms with van der Waals surface area (Å²) in [6.07, 6.45) is 2.66. The zero-order chi connectivity index (χ0) is 9.26. The van der Waals surface area contributed by atoms with E-state index >= 15 is 0 Å². The monoisotopic (exact) mass is 175 g/mol. The van der Waals surface area contributed by atoms with E-state index in [1.807, 2.05) is 12.1 Å². The van der Waals surface area contributed by atoms with Crippen LogP contribution in [-0.2, 0) is 11.2 Å². The number of nitrogens with two attached hydrogens (primary N) is 1. The van der Waals surface area contributed by atoms with Crippen molar-refractivity contribution in [2.24, 2.45) is 5.73 Å². The van der Waals surface area contributed by atoms with Gasteiger partial charge in [-0.15, -0.1) is 0 Å². The molecule has 0 bridgehead atoms. The fraction of sp³-hybridized carbons (Fsp3) is 0.364. The quantitative estimate of drug-likeness (QED) is 0.728. The molecule has 2 heteroatoms. The highest BCUT2D eigenvalue weighted by Crippen LogP contribution is 2.34. The van der Waals surface area contributed by atoms with Crippen LogP contribution in [0, 0.1) is 0 Å². The van der Waals surface area contributed by atoms with Crippen molar-refractivity contribution in [2.45, 2.75) is 25.2 Å². The fourth-order valence-corrected chi connectivity index (χ4v) is 2.10. The molecule has 0 saturated heterocycles. The average Bonchev–Trinajstić information content (AvgIpc) is 2.48. The molecule has 0 fully saturated rings. The molecule has 1 aromatic rings. The van der Waals surface area contributed by atoms with Gasteiger partial charge in [0.05, 0.1) is 0 Å². The lowest BCUT2D eigenvalue weighted by molar-refractivity contribution is -0.118. The summed E-state index contributed by atoms with van der Waals surface area (Å²) in [5.74, 6) is 0.176. The lowest BCUT2D eigenvalue weighted by Gasteiger charge is -2.07. The van der Waals surface area contributed by atoms with E-state index in [0.717, 1.165) is 12.8 Å². The van der Waals surface area contributed by atoms with Crippen LogP contribution in [0.2, 0.25) is 0 Å². The number of benzene rings is 1. The molecule has 0 heterocycles. The van der Waals surface area contributed by atoms with Crippen LogP contribution in [0.3, 0.4) is 0 Å². The van der Waals surface area contributed by atoms with Crippen molar-refractivity contribution in [3.05, 3.63) is 35.4 Å². The number of hydrogen-bond donors (Lipinski definition) is 1. The molecule has 1 unspecified atom stereocenters. The molecule has 2 N–H and O–H groups in total. The van der Waals surface area contributed by atoms with Crippen molar-refractivity contribution in [3.63, 3.8) is 0 Å².